The molecule has 0 aliphatic carbocycles. The summed E-state index contributed by atoms with van der Waals surface area (Å²) in [5.41, 5.74) is 1.28. The fourth-order valence-corrected chi connectivity index (χ4v) is 5.34. The van der Waals surface area contributed by atoms with Crippen LogP contribution in [0, 0.1) is 0 Å². The zero-order chi connectivity index (χ0) is 28.0. The minimum absolute atomic E-state index is 0.00502. The first-order valence-electron chi connectivity index (χ1n) is 12.4. The number of ether oxygens (including phenoxy) is 1. The highest BCUT2D eigenvalue weighted by Gasteiger charge is 2.26. The van der Waals surface area contributed by atoms with E-state index in [-0.39, 0.29) is 28.1 Å². The molecule has 0 fully saturated rings. The standard InChI is InChI=1S/C30H28Cl2N2O4S/c1-3-21(2)34(20-22-9-5-4-6-10-22)30(35)26-19-23(31)13-18-28(26)33-39(36,37)25-16-14-24(15-17-25)38-29-12-8-7-11-27(29)32/h4-19,21,33H,3,20H2,1-2H3/t21-/m0/s1. The fraction of sp³-hybridized carbons (Fsp3) is 0.167. The molecular formula is C30H28Cl2N2O4S. The number of hydrogen-bond donors (Lipinski definition) is 1. The Kier molecular flexibility index (Phi) is 9.17. The molecule has 0 radical (unpaired) electrons. The lowest BCUT2D eigenvalue weighted by Crippen LogP contribution is -2.38. The highest BCUT2D eigenvalue weighted by atomic mass is 35.5. The largest absolute Gasteiger partial charge is 0.456 e. The van der Waals surface area contributed by atoms with Crippen LogP contribution >= 0.6 is 23.2 Å². The first kappa shape index (κ1) is 28.5. The molecule has 4 aromatic rings. The van der Waals surface area contributed by atoms with Gasteiger partial charge in [-0.15, -0.1) is 0 Å². The Morgan fingerprint density at radius 1 is 0.923 bits per heavy atom. The molecule has 202 valence electrons. The second-order valence-corrected chi connectivity index (χ2v) is 11.5. The maximum Gasteiger partial charge on any atom is 0.261 e. The van der Waals surface area contributed by atoms with Crippen molar-refractivity contribution in [2.24, 2.45) is 0 Å². The van der Waals surface area contributed by atoms with Crippen LogP contribution < -0.4 is 9.46 Å². The number of carbonyl (C=O) groups excluding carboxylic acids is 1. The lowest BCUT2D eigenvalue weighted by Gasteiger charge is -2.30. The number of para-hydroxylation sites is 1. The van der Waals surface area contributed by atoms with Gasteiger partial charge < -0.3 is 9.64 Å². The summed E-state index contributed by atoms with van der Waals surface area (Å²) in [6.45, 7) is 4.33. The SMILES string of the molecule is CC[C@H](C)N(Cc1ccccc1)C(=O)c1cc(Cl)ccc1NS(=O)(=O)c1ccc(Oc2ccccc2Cl)cc1. The minimum Gasteiger partial charge on any atom is -0.456 e. The fourth-order valence-electron chi connectivity index (χ4n) is 3.91. The molecule has 1 amide bonds. The van der Waals surface area contributed by atoms with Crippen LogP contribution in [0.3, 0.4) is 0 Å². The van der Waals surface area contributed by atoms with Crippen LogP contribution in [-0.2, 0) is 16.6 Å². The van der Waals surface area contributed by atoms with Gasteiger partial charge >= 0.3 is 0 Å². The molecule has 6 nitrogen and oxygen atoms in total. The van der Waals surface area contributed by atoms with Gasteiger partial charge in [0.25, 0.3) is 15.9 Å². The molecule has 4 rings (SSSR count). The number of hydrogen-bond acceptors (Lipinski definition) is 4. The topological polar surface area (TPSA) is 75.7 Å². The number of rotatable bonds is 10. The number of sulfonamides is 1. The van der Waals surface area contributed by atoms with Crippen LogP contribution in [0.2, 0.25) is 10.0 Å². The number of halogens is 2. The molecule has 39 heavy (non-hydrogen) atoms. The lowest BCUT2D eigenvalue weighted by molar-refractivity contribution is 0.0672. The number of anilines is 1. The van der Waals surface area contributed by atoms with Gasteiger partial charge in [0, 0.05) is 17.6 Å². The molecule has 1 N–H and O–H groups in total. The summed E-state index contributed by atoms with van der Waals surface area (Å²) in [6.07, 6.45) is 0.725. The van der Waals surface area contributed by atoms with Gasteiger partial charge in [-0.25, -0.2) is 8.42 Å². The number of nitrogens with one attached hydrogen (secondary N) is 1. The van der Waals surface area contributed by atoms with E-state index in [1.807, 2.05) is 44.2 Å². The number of amides is 1. The lowest BCUT2D eigenvalue weighted by atomic mass is 10.1. The zero-order valence-corrected chi connectivity index (χ0v) is 23.8. The van der Waals surface area contributed by atoms with Crippen molar-refractivity contribution in [1.82, 2.24) is 4.90 Å². The van der Waals surface area contributed by atoms with Crippen molar-refractivity contribution in [3.05, 3.63) is 118 Å². The highest BCUT2D eigenvalue weighted by molar-refractivity contribution is 7.92. The molecule has 0 saturated heterocycles. The zero-order valence-electron chi connectivity index (χ0n) is 21.5. The number of nitrogens with zero attached hydrogens (tertiary/aromatic N) is 1. The summed E-state index contributed by atoms with van der Waals surface area (Å²) in [7, 11) is -4.04. The second kappa shape index (κ2) is 12.6. The molecule has 4 aromatic carbocycles. The van der Waals surface area contributed by atoms with Crippen molar-refractivity contribution in [3.8, 4) is 11.5 Å². The summed E-state index contributed by atoms with van der Waals surface area (Å²) in [5, 5.41) is 0.765. The molecular weight excluding hydrogens is 555 g/mol. The van der Waals surface area contributed by atoms with E-state index < -0.39 is 10.0 Å². The van der Waals surface area contributed by atoms with Crippen molar-refractivity contribution in [2.45, 2.75) is 37.8 Å². The molecule has 0 aromatic heterocycles. The van der Waals surface area contributed by atoms with E-state index in [9.17, 15) is 13.2 Å². The van der Waals surface area contributed by atoms with Crippen molar-refractivity contribution in [3.63, 3.8) is 0 Å². The molecule has 0 saturated carbocycles. The van der Waals surface area contributed by atoms with Gasteiger partial charge in [-0.2, -0.15) is 0 Å². The average Bonchev–Trinajstić information content (AvgIpc) is 2.94. The smallest absolute Gasteiger partial charge is 0.261 e. The van der Waals surface area contributed by atoms with Gasteiger partial charge in [0.05, 0.1) is 21.2 Å². The van der Waals surface area contributed by atoms with Gasteiger partial charge in [0.1, 0.15) is 11.5 Å². The molecule has 1 atom stereocenters. The van der Waals surface area contributed by atoms with E-state index in [4.69, 9.17) is 27.9 Å². The summed E-state index contributed by atoms with van der Waals surface area (Å²) < 4.78 is 34.9. The summed E-state index contributed by atoms with van der Waals surface area (Å²) in [5.74, 6) is 0.560. The second-order valence-electron chi connectivity index (χ2n) is 8.98. The van der Waals surface area contributed by atoms with Crippen molar-refractivity contribution in [2.75, 3.05) is 4.72 Å². The summed E-state index contributed by atoms with van der Waals surface area (Å²) in [4.78, 5) is 15.5. The third-order valence-electron chi connectivity index (χ3n) is 6.23. The predicted molar refractivity (Wildman–Crippen MR) is 156 cm³/mol. The molecule has 0 aliphatic heterocycles. The van der Waals surface area contributed by atoms with Crippen LogP contribution in [0.4, 0.5) is 5.69 Å². The maximum absolute atomic E-state index is 13.8. The minimum atomic E-state index is -4.04. The van der Waals surface area contributed by atoms with Gasteiger partial charge in [0.2, 0.25) is 0 Å². The maximum atomic E-state index is 13.8. The number of benzene rings is 4. The normalized spacial score (nSPS) is 12.0. The van der Waals surface area contributed by atoms with Crippen molar-refractivity contribution >= 4 is 44.8 Å². The van der Waals surface area contributed by atoms with E-state index in [2.05, 4.69) is 4.72 Å². The van der Waals surface area contributed by atoms with E-state index in [0.717, 1.165) is 12.0 Å². The summed E-state index contributed by atoms with van der Waals surface area (Å²) in [6, 6.07) is 27.0. The number of carbonyl (C=O) groups is 1. The molecule has 9 heteroatoms. The quantitative estimate of drug-likeness (QED) is 0.205. The van der Waals surface area contributed by atoms with Crippen LogP contribution in [0.1, 0.15) is 36.2 Å². The van der Waals surface area contributed by atoms with Gasteiger partial charge in [-0.05, 0) is 73.5 Å². The molecule has 0 aliphatic rings. The highest BCUT2D eigenvalue weighted by Crippen LogP contribution is 2.31. The van der Waals surface area contributed by atoms with Crippen LogP contribution in [-0.4, -0.2) is 25.3 Å². The Morgan fingerprint density at radius 2 is 1.59 bits per heavy atom. The van der Waals surface area contributed by atoms with Gasteiger partial charge in [-0.1, -0.05) is 72.6 Å². The molecule has 0 unspecified atom stereocenters. The van der Waals surface area contributed by atoms with Crippen LogP contribution in [0.15, 0.2) is 102 Å². The Labute approximate surface area is 239 Å². The van der Waals surface area contributed by atoms with Crippen molar-refractivity contribution < 1.29 is 17.9 Å². The summed E-state index contributed by atoms with van der Waals surface area (Å²) >= 11 is 12.4. The molecule has 0 heterocycles. The van der Waals surface area contributed by atoms with Gasteiger partial charge in [-0.3, -0.25) is 9.52 Å². The monoisotopic (exact) mass is 582 g/mol. The first-order chi connectivity index (χ1) is 18.7. The Bertz CT molecular complexity index is 1550. The predicted octanol–water partition coefficient (Wildman–Crippen LogP) is 8.03. The van der Waals surface area contributed by atoms with E-state index >= 15 is 0 Å². The third-order valence-corrected chi connectivity index (χ3v) is 8.16. The van der Waals surface area contributed by atoms with E-state index in [1.54, 1.807) is 35.2 Å². The molecule has 0 spiro atoms. The Hall–Kier alpha value is -3.52. The Morgan fingerprint density at radius 3 is 2.26 bits per heavy atom. The van der Waals surface area contributed by atoms with Crippen LogP contribution in [0.5, 0.6) is 11.5 Å². The van der Waals surface area contributed by atoms with Gasteiger partial charge in [0.15, 0.2) is 0 Å². The first-order valence-corrected chi connectivity index (χ1v) is 14.6. The molecule has 0 bridgehead atoms. The van der Waals surface area contributed by atoms with E-state index in [1.165, 1.54) is 36.4 Å². The average molecular weight is 584 g/mol. The van der Waals surface area contributed by atoms with E-state index in [0.29, 0.717) is 28.1 Å². The van der Waals surface area contributed by atoms with Crippen molar-refractivity contribution in [1.29, 1.82) is 0 Å². The Balaban J connectivity index is 1.59. The third kappa shape index (κ3) is 7.12. The van der Waals surface area contributed by atoms with Crippen LogP contribution in [0.25, 0.3) is 0 Å².